The Labute approximate surface area is 98.7 Å². The third kappa shape index (κ3) is 2.97. The van der Waals surface area contributed by atoms with Crippen molar-refractivity contribution >= 4 is 6.01 Å². The predicted molar refractivity (Wildman–Crippen MR) is 61.1 cm³/mol. The fraction of sp³-hybridized carbons (Fsp3) is 0.400. The van der Waals surface area contributed by atoms with Crippen LogP contribution in [0.1, 0.15) is 24.6 Å². The maximum atomic E-state index is 5.42. The Bertz CT molecular complexity index is 457. The van der Waals surface area contributed by atoms with Crippen molar-refractivity contribution in [3.8, 4) is 0 Å². The molecule has 17 heavy (non-hydrogen) atoms. The summed E-state index contributed by atoms with van der Waals surface area (Å²) in [5.74, 6) is 0.553. The lowest BCUT2D eigenvalue weighted by atomic mass is 10.3. The summed E-state index contributed by atoms with van der Waals surface area (Å²) in [6.07, 6.45) is 3.19. The highest BCUT2D eigenvalue weighted by Gasteiger charge is 2.11. The zero-order chi connectivity index (χ0) is 12.1. The van der Waals surface area contributed by atoms with E-state index in [2.05, 4.69) is 30.8 Å². The first-order valence-electron chi connectivity index (χ1n) is 5.29. The lowest BCUT2D eigenvalue weighted by Gasteiger charge is -2.03. The minimum Gasteiger partial charge on any atom is -0.406 e. The van der Waals surface area contributed by atoms with Gasteiger partial charge in [0.15, 0.2) is 0 Å². The van der Waals surface area contributed by atoms with E-state index in [9.17, 15) is 0 Å². The quantitative estimate of drug-likeness (QED) is 0.789. The van der Waals surface area contributed by atoms with Crippen molar-refractivity contribution in [1.82, 2.24) is 25.5 Å². The minimum absolute atomic E-state index is 0.0390. The van der Waals surface area contributed by atoms with Crippen molar-refractivity contribution in [2.24, 2.45) is 0 Å². The van der Waals surface area contributed by atoms with Crippen molar-refractivity contribution in [2.45, 2.75) is 19.5 Å². The molecule has 2 aromatic heterocycles. The number of anilines is 1. The molecule has 0 radical (unpaired) electrons. The highest BCUT2D eigenvalue weighted by molar-refractivity contribution is 5.19. The third-order valence-corrected chi connectivity index (χ3v) is 2.31. The standard InChI is InChI=1S/C10H14N6O/c1-7(11-2)9-15-16-10(17-9)13-5-8-3-4-12-6-14-8/h3-4,6-7,11H,5H2,1-2H3,(H,13,16). The second-order valence-corrected chi connectivity index (χ2v) is 3.51. The Hall–Kier alpha value is -2.02. The van der Waals surface area contributed by atoms with Crippen molar-refractivity contribution in [3.63, 3.8) is 0 Å². The van der Waals surface area contributed by atoms with E-state index in [0.29, 0.717) is 18.5 Å². The summed E-state index contributed by atoms with van der Waals surface area (Å²) in [5, 5.41) is 13.8. The Balaban J connectivity index is 1.94. The van der Waals surface area contributed by atoms with E-state index in [1.165, 1.54) is 6.33 Å². The molecule has 90 valence electrons. The molecule has 0 bridgehead atoms. The minimum atomic E-state index is 0.0390. The summed E-state index contributed by atoms with van der Waals surface area (Å²) in [5.41, 5.74) is 0.862. The predicted octanol–water partition coefficient (Wildman–Crippen LogP) is 0.752. The number of rotatable bonds is 5. The van der Waals surface area contributed by atoms with Crippen LogP contribution in [0, 0.1) is 0 Å². The van der Waals surface area contributed by atoms with Crippen LogP contribution in [-0.4, -0.2) is 27.2 Å². The molecule has 2 aromatic rings. The monoisotopic (exact) mass is 234 g/mol. The van der Waals surface area contributed by atoms with Crippen molar-refractivity contribution in [2.75, 3.05) is 12.4 Å². The zero-order valence-electron chi connectivity index (χ0n) is 9.71. The summed E-state index contributed by atoms with van der Waals surface area (Å²) in [6.45, 7) is 2.47. The van der Waals surface area contributed by atoms with Crippen LogP contribution in [0.5, 0.6) is 0 Å². The lowest BCUT2D eigenvalue weighted by molar-refractivity contribution is 0.441. The smallest absolute Gasteiger partial charge is 0.315 e. The lowest BCUT2D eigenvalue weighted by Crippen LogP contribution is -2.12. The topological polar surface area (TPSA) is 88.8 Å². The van der Waals surface area contributed by atoms with E-state index in [1.54, 1.807) is 6.20 Å². The van der Waals surface area contributed by atoms with Crippen LogP contribution in [0.2, 0.25) is 0 Å². The molecule has 1 unspecified atom stereocenters. The number of nitrogens with one attached hydrogen (secondary N) is 2. The molecule has 0 fully saturated rings. The molecule has 0 aromatic carbocycles. The van der Waals surface area contributed by atoms with Gasteiger partial charge in [-0.25, -0.2) is 9.97 Å². The van der Waals surface area contributed by atoms with Gasteiger partial charge in [-0.05, 0) is 20.0 Å². The Morgan fingerprint density at radius 2 is 2.29 bits per heavy atom. The second kappa shape index (κ2) is 5.35. The van der Waals surface area contributed by atoms with E-state index in [-0.39, 0.29) is 6.04 Å². The molecule has 0 aliphatic carbocycles. The fourth-order valence-corrected chi connectivity index (χ4v) is 1.19. The van der Waals surface area contributed by atoms with Gasteiger partial charge in [-0.15, -0.1) is 5.10 Å². The van der Waals surface area contributed by atoms with Gasteiger partial charge in [0, 0.05) is 6.20 Å². The van der Waals surface area contributed by atoms with Crippen LogP contribution in [0.3, 0.4) is 0 Å². The van der Waals surface area contributed by atoms with Crippen LogP contribution in [0.4, 0.5) is 6.01 Å². The average Bonchev–Trinajstić information content (AvgIpc) is 2.85. The van der Waals surface area contributed by atoms with Crippen LogP contribution in [0.15, 0.2) is 23.0 Å². The molecule has 0 aliphatic heterocycles. The fourth-order valence-electron chi connectivity index (χ4n) is 1.19. The van der Waals surface area contributed by atoms with Crippen molar-refractivity contribution in [1.29, 1.82) is 0 Å². The van der Waals surface area contributed by atoms with Gasteiger partial charge in [-0.1, -0.05) is 5.10 Å². The van der Waals surface area contributed by atoms with E-state index < -0.39 is 0 Å². The molecule has 0 spiro atoms. The normalized spacial score (nSPS) is 12.4. The Morgan fingerprint density at radius 3 is 3.00 bits per heavy atom. The van der Waals surface area contributed by atoms with Gasteiger partial charge in [0.1, 0.15) is 6.33 Å². The second-order valence-electron chi connectivity index (χ2n) is 3.51. The SMILES string of the molecule is CNC(C)c1nnc(NCc2ccncn2)o1. The van der Waals surface area contributed by atoms with Gasteiger partial charge in [0.25, 0.3) is 0 Å². The highest BCUT2D eigenvalue weighted by atomic mass is 16.4. The summed E-state index contributed by atoms with van der Waals surface area (Å²) in [4.78, 5) is 7.92. The third-order valence-electron chi connectivity index (χ3n) is 2.31. The molecule has 2 heterocycles. The summed E-state index contributed by atoms with van der Waals surface area (Å²) in [7, 11) is 1.84. The molecule has 2 N–H and O–H groups in total. The number of hydrogen-bond acceptors (Lipinski definition) is 7. The van der Waals surface area contributed by atoms with Crippen LogP contribution in [-0.2, 0) is 6.54 Å². The number of hydrogen-bond donors (Lipinski definition) is 2. The molecule has 0 amide bonds. The Kier molecular flexibility index (Phi) is 3.61. The average molecular weight is 234 g/mol. The molecule has 0 saturated carbocycles. The van der Waals surface area contributed by atoms with Gasteiger partial charge in [-0.3, -0.25) is 0 Å². The van der Waals surface area contributed by atoms with E-state index in [0.717, 1.165) is 5.69 Å². The summed E-state index contributed by atoms with van der Waals surface area (Å²) in [6, 6.07) is 2.25. The molecular formula is C10H14N6O. The molecule has 0 aliphatic rings. The summed E-state index contributed by atoms with van der Waals surface area (Å²) >= 11 is 0. The highest BCUT2D eigenvalue weighted by Crippen LogP contribution is 2.13. The molecule has 2 rings (SSSR count). The van der Waals surface area contributed by atoms with Crippen LogP contribution < -0.4 is 10.6 Å². The van der Waals surface area contributed by atoms with Gasteiger partial charge in [0.2, 0.25) is 5.89 Å². The van der Waals surface area contributed by atoms with Gasteiger partial charge < -0.3 is 15.1 Å². The maximum Gasteiger partial charge on any atom is 0.315 e. The largest absolute Gasteiger partial charge is 0.406 e. The van der Waals surface area contributed by atoms with Crippen molar-refractivity contribution in [3.05, 3.63) is 30.2 Å². The van der Waals surface area contributed by atoms with E-state index >= 15 is 0 Å². The first kappa shape index (κ1) is 11.5. The van der Waals surface area contributed by atoms with Crippen LogP contribution >= 0.6 is 0 Å². The Morgan fingerprint density at radius 1 is 1.41 bits per heavy atom. The number of aromatic nitrogens is 4. The molecule has 1 atom stereocenters. The molecule has 0 saturated heterocycles. The first-order chi connectivity index (χ1) is 8.29. The maximum absolute atomic E-state index is 5.42. The zero-order valence-corrected chi connectivity index (χ0v) is 9.71. The van der Waals surface area contributed by atoms with E-state index in [4.69, 9.17) is 4.42 Å². The summed E-state index contributed by atoms with van der Waals surface area (Å²) < 4.78 is 5.42. The van der Waals surface area contributed by atoms with Gasteiger partial charge in [-0.2, -0.15) is 0 Å². The molecule has 7 nitrogen and oxygen atoms in total. The van der Waals surface area contributed by atoms with E-state index in [1.807, 2.05) is 20.0 Å². The van der Waals surface area contributed by atoms with Crippen molar-refractivity contribution < 1.29 is 4.42 Å². The van der Waals surface area contributed by atoms with Gasteiger partial charge in [0.05, 0.1) is 18.3 Å². The molecular weight excluding hydrogens is 220 g/mol. The molecule has 7 heteroatoms. The van der Waals surface area contributed by atoms with Gasteiger partial charge >= 0.3 is 6.01 Å². The number of nitrogens with zero attached hydrogens (tertiary/aromatic N) is 4. The van der Waals surface area contributed by atoms with Crippen LogP contribution in [0.25, 0.3) is 0 Å². The first-order valence-corrected chi connectivity index (χ1v) is 5.29.